The Bertz CT molecular complexity index is 742. The fourth-order valence-electron chi connectivity index (χ4n) is 6.52. The molecule has 18 heteroatoms. The summed E-state index contributed by atoms with van der Waals surface area (Å²) in [5.41, 5.74) is 29.1. The highest BCUT2D eigenvalue weighted by Gasteiger charge is 2.09. The minimum Gasteiger partial charge on any atom is -0.330 e. The van der Waals surface area contributed by atoms with Crippen LogP contribution in [0, 0.1) is 0 Å². The standard InChI is InChI=1S/C39H98N18/c1-3-10-46-14-34-56(35-15-47-11-6-41)36-23-52-24-39-57(38-22-51-19-31-54(26-7-42)27-8-43)37-21-50-18-30-53(25-4-5-40)29-17-49-20-33-55(28-9-44)32-16-48-13-12-45-2/h45-52H,3-44H2,1-2H3. The van der Waals surface area contributed by atoms with Crippen molar-refractivity contribution >= 4 is 0 Å². The van der Waals surface area contributed by atoms with Crippen molar-refractivity contribution in [3.8, 4) is 0 Å². The van der Waals surface area contributed by atoms with Crippen LogP contribution >= 0.6 is 0 Å². The highest BCUT2D eigenvalue weighted by atomic mass is 15.2. The van der Waals surface area contributed by atoms with Gasteiger partial charge < -0.3 is 76.1 Å². The number of hydrogen-bond acceptors (Lipinski definition) is 18. The molecule has 0 amide bonds. The minimum atomic E-state index is 0.666. The largest absolute Gasteiger partial charge is 0.330 e. The Labute approximate surface area is 351 Å². The lowest BCUT2D eigenvalue weighted by Gasteiger charge is -2.26. The summed E-state index contributed by atoms with van der Waals surface area (Å²) in [6.07, 6.45) is 2.19. The Hall–Kier alpha value is -0.720. The quantitative estimate of drug-likeness (QED) is 0.0256. The molecule has 0 aromatic rings. The SMILES string of the molecule is CCCNCCN(CCNCCN)CCNCCN(CCNCCN(CCN)CCN)CCNCCN(CCCN)CCNCCN(CCN)CCNCCNC. The predicted molar refractivity (Wildman–Crippen MR) is 246 cm³/mol. The number of nitrogens with zero attached hydrogens (tertiary/aromatic N) is 5. The number of nitrogens with one attached hydrogen (secondary N) is 8. The topological polar surface area (TPSA) is 243 Å². The fraction of sp³-hybridized carbons (Fsp3) is 1.00. The molecule has 0 saturated carbocycles. The second-order valence-corrected chi connectivity index (χ2v) is 14.9. The summed E-state index contributed by atoms with van der Waals surface area (Å²) in [5.74, 6) is 0. The van der Waals surface area contributed by atoms with E-state index >= 15 is 0 Å². The molecule has 0 saturated heterocycles. The third kappa shape index (κ3) is 39.2. The highest BCUT2D eigenvalue weighted by Crippen LogP contribution is 1.93. The number of nitrogens with two attached hydrogens (primary N) is 5. The molecule has 0 aliphatic carbocycles. The molecular weight excluding hydrogens is 721 g/mol. The van der Waals surface area contributed by atoms with Crippen molar-refractivity contribution in [2.45, 2.75) is 19.8 Å². The van der Waals surface area contributed by atoms with Gasteiger partial charge in [0.1, 0.15) is 0 Å². The molecule has 0 aliphatic rings. The Morgan fingerprint density at radius 3 is 0.860 bits per heavy atom. The average Bonchev–Trinajstić information content (AvgIpc) is 3.21. The maximum atomic E-state index is 5.90. The van der Waals surface area contributed by atoms with E-state index in [1.54, 1.807) is 0 Å². The molecule has 57 heavy (non-hydrogen) atoms. The van der Waals surface area contributed by atoms with Gasteiger partial charge in [0.25, 0.3) is 0 Å². The molecule has 0 atom stereocenters. The first-order chi connectivity index (χ1) is 28.1. The van der Waals surface area contributed by atoms with Gasteiger partial charge in [-0.2, -0.15) is 0 Å². The van der Waals surface area contributed by atoms with Crippen LogP contribution < -0.4 is 71.2 Å². The third-order valence-electron chi connectivity index (χ3n) is 9.97. The van der Waals surface area contributed by atoms with Gasteiger partial charge in [-0.25, -0.2) is 0 Å². The first kappa shape index (κ1) is 56.3. The lowest BCUT2D eigenvalue weighted by atomic mass is 10.3. The molecule has 0 unspecified atom stereocenters. The van der Waals surface area contributed by atoms with E-state index in [1.165, 1.54) is 6.42 Å². The second kappa shape index (κ2) is 46.3. The maximum Gasteiger partial charge on any atom is 0.0108 e. The number of hydrogen-bond donors (Lipinski definition) is 13. The first-order valence-electron chi connectivity index (χ1n) is 22.8. The maximum absolute atomic E-state index is 5.90. The summed E-state index contributed by atoms with van der Waals surface area (Å²) in [7, 11) is 1.98. The summed E-state index contributed by atoms with van der Waals surface area (Å²) in [5, 5.41) is 28.5. The molecule has 18 nitrogen and oxygen atoms in total. The van der Waals surface area contributed by atoms with Gasteiger partial charge in [-0.05, 0) is 39.5 Å². The van der Waals surface area contributed by atoms with Crippen LogP contribution in [0.15, 0.2) is 0 Å². The van der Waals surface area contributed by atoms with Crippen LogP contribution in [0.2, 0.25) is 0 Å². The molecular formula is C39H98N18. The van der Waals surface area contributed by atoms with Crippen molar-refractivity contribution in [3.63, 3.8) is 0 Å². The van der Waals surface area contributed by atoms with Crippen LogP contribution in [0.3, 0.4) is 0 Å². The molecule has 0 radical (unpaired) electrons. The van der Waals surface area contributed by atoms with Crippen molar-refractivity contribution in [2.75, 3.05) is 236 Å². The van der Waals surface area contributed by atoms with Gasteiger partial charge >= 0.3 is 0 Å². The first-order valence-corrected chi connectivity index (χ1v) is 22.8. The van der Waals surface area contributed by atoms with Crippen LogP contribution in [0.25, 0.3) is 0 Å². The molecule has 0 aromatic carbocycles. The van der Waals surface area contributed by atoms with Crippen molar-refractivity contribution in [2.24, 2.45) is 28.7 Å². The third-order valence-corrected chi connectivity index (χ3v) is 9.97. The van der Waals surface area contributed by atoms with E-state index in [0.717, 1.165) is 209 Å². The van der Waals surface area contributed by atoms with Gasteiger partial charge in [-0.1, -0.05) is 6.92 Å². The monoisotopic (exact) mass is 819 g/mol. The summed E-state index contributed by atoms with van der Waals surface area (Å²) in [4.78, 5) is 12.4. The van der Waals surface area contributed by atoms with Gasteiger partial charge in [0.2, 0.25) is 0 Å². The molecule has 0 bridgehead atoms. The molecule has 0 heterocycles. The van der Waals surface area contributed by atoms with Gasteiger partial charge in [0.15, 0.2) is 0 Å². The Kier molecular flexibility index (Phi) is 45.8. The molecule has 0 fully saturated rings. The number of likely N-dealkylation sites (N-methyl/N-ethyl adjacent to an activating group) is 1. The molecule has 18 N–H and O–H groups in total. The number of rotatable bonds is 49. The van der Waals surface area contributed by atoms with Gasteiger partial charge in [-0.3, -0.25) is 19.6 Å². The van der Waals surface area contributed by atoms with Crippen LogP contribution in [0.1, 0.15) is 19.8 Å². The van der Waals surface area contributed by atoms with E-state index in [2.05, 4.69) is 74.0 Å². The van der Waals surface area contributed by atoms with Crippen LogP contribution in [-0.2, 0) is 0 Å². The molecule has 0 rings (SSSR count). The van der Waals surface area contributed by atoms with Crippen LogP contribution in [0.5, 0.6) is 0 Å². The molecule has 0 aliphatic heterocycles. The van der Waals surface area contributed by atoms with Crippen molar-refractivity contribution in [1.82, 2.24) is 67.0 Å². The van der Waals surface area contributed by atoms with Gasteiger partial charge in [0.05, 0.1) is 0 Å². The lowest BCUT2D eigenvalue weighted by Crippen LogP contribution is -2.45. The zero-order valence-electron chi connectivity index (χ0n) is 37.3. The van der Waals surface area contributed by atoms with E-state index in [4.69, 9.17) is 28.7 Å². The predicted octanol–water partition coefficient (Wildman–Crippen LogP) is -5.56. The van der Waals surface area contributed by atoms with E-state index in [1.807, 2.05) is 7.05 Å². The highest BCUT2D eigenvalue weighted by molar-refractivity contribution is 4.70. The fourth-order valence-corrected chi connectivity index (χ4v) is 6.52. The molecule has 0 spiro atoms. The summed E-state index contributed by atoms with van der Waals surface area (Å²) >= 11 is 0. The lowest BCUT2D eigenvalue weighted by molar-refractivity contribution is 0.245. The Morgan fingerprint density at radius 2 is 0.561 bits per heavy atom. The van der Waals surface area contributed by atoms with E-state index in [-0.39, 0.29) is 0 Å². The van der Waals surface area contributed by atoms with Crippen molar-refractivity contribution in [1.29, 1.82) is 0 Å². The normalized spacial score (nSPS) is 12.2. The zero-order chi connectivity index (χ0) is 41.7. The smallest absolute Gasteiger partial charge is 0.0108 e. The van der Waals surface area contributed by atoms with Crippen LogP contribution in [-0.4, -0.2) is 261 Å². The van der Waals surface area contributed by atoms with E-state index in [9.17, 15) is 0 Å². The Morgan fingerprint density at radius 1 is 0.281 bits per heavy atom. The summed E-state index contributed by atoms with van der Waals surface area (Å²) in [6, 6.07) is 0. The average molecular weight is 819 g/mol. The molecule has 344 valence electrons. The summed E-state index contributed by atoms with van der Waals surface area (Å²) in [6.45, 7) is 35.3. The van der Waals surface area contributed by atoms with E-state index < -0.39 is 0 Å². The van der Waals surface area contributed by atoms with Crippen LogP contribution in [0.4, 0.5) is 0 Å². The zero-order valence-corrected chi connectivity index (χ0v) is 37.3. The van der Waals surface area contributed by atoms with Crippen molar-refractivity contribution in [3.05, 3.63) is 0 Å². The molecule has 0 aromatic heterocycles. The van der Waals surface area contributed by atoms with E-state index in [0.29, 0.717) is 26.2 Å². The minimum absolute atomic E-state index is 0.666. The van der Waals surface area contributed by atoms with Crippen molar-refractivity contribution < 1.29 is 0 Å². The summed E-state index contributed by atoms with van der Waals surface area (Å²) < 4.78 is 0. The van der Waals surface area contributed by atoms with Gasteiger partial charge in [0, 0.05) is 209 Å². The van der Waals surface area contributed by atoms with Gasteiger partial charge in [-0.15, -0.1) is 0 Å². The second-order valence-electron chi connectivity index (χ2n) is 14.9. The Balaban J connectivity index is 4.79.